The molecule has 1 aliphatic rings. The molecular weight excluding hydrogens is 276 g/mol. The Morgan fingerprint density at radius 3 is 2.57 bits per heavy atom. The van der Waals surface area contributed by atoms with Crippen LogP contribution in [0.4, 0.5) is 4.79 Å². The molecule has 0 spiro atoms. The van der Waals surface area contributed by atoms with E-state index in [4.69, 9.17) is 9.47 Å². The number of nitrogens with one attached hydrogen (secondary N) is 1. The lowest BCUT2D eigenvalue weighted by molar-refractivity contribution is -0.149. The zero-order valence-electron chi connectivity index (χ0n) is 13.2. The molecule has 21 heavy (non-hydrogen) atoms. The summed E-state index contributed by atoms with van der Waals surface area (Å²) in [7, 11) is 1.35. The van der Waals surface area contributed by atoms with E-state index in [2.05, 4.69) is 5.32 Å². The normalized spacial score (nSPS) is 23.5. The zero-order chi connectivity index (χ0) is 16.0. The van der Waals surface area contributed by atoms with Crippen molar-refractivity contribution < 1.29 is 24.2 Å². The molecule has 2 atom stereocenters. The standard InChI is InChI=1S/C14H26N2O5/c1-14(2,3)21-13(19)15-7-8-16-9-10(17)5-6-11(16)12(18)20-4/h10-11,17H,5-9H2,1-4H3,(H,15,19)/t10-,11-/m1/s1. The van der Waals surface area contributed by atoms with Gasteiger partial charge < -0.3 is 19.9 Å². The molecule has 122 valence electrons. The Balaban J connectivity index is 2.43. The Morgan fingerprint density at radius 2 is 2.00 bits per heavy atom. The summed E-state index contributed by atoms with van der Waals surface area (Å²) >= 11 is 0. The number of amides is 1. The molecule has 1 heterocycles. The molecule has 0 saturated carbocycles. The number of carbonyl (C=O) groups excluding carboxylic acids is 2. The minimum Gasteiger partial charge on any atom is -0.468 e. The number of β-amino-alcohol motifs (C(OH)–C–C–N with tert-alkyl or cyclic N) is 1. The summed E-state index contributed by atoms with van der Waals surface area (Å²) in [5.74, 6) is -0.306. The van der Waals surface area contributed by atoms with Gasteiger partial charge in [0.15, 0.2) is 0 Å². The number of aliphatic hydroxyl groups is 1. The Bertz CT molecular complexity index is 367. The van der Waals surface area contributed by atoms with Gasteiger partial charge in [-0.25, -0.2) is 4.79 Å². The number of esters is 1. The second kappa shape index (κ2) is 7.61. The quantitative estimate of drug-likeness (QED) is 0.736. The summed E-state index contributed by atoms with van der Waals surface area (Å²) in [5, 5.41) is 12.3. The number of hydrogen-bond donors (Lipinski definition) is 2. The van der Waals surface area contributed by atoms with E-state index in [9.17, 15) is 14.7 Å². The van der Waals surface area contributed by atoms with Crippen molar-refractivity contribution in [3.8, 4) is 0 Å². The van der Waals surface area contributed by atoms with Crippen LogP contribution in [0.25, 0.3) is 0 Å². The Labute approximate surface area is 125 Å². The number of aliphatic hydroxyl groups excluding tert-OH is 1. The van der Waals surface area contributed by atoms with Gasteiger partial charge in [-0.15, -0.1) is 0 Å². The van der Waals surface area contributed by atoms with Gasteiger partial charge in [0.1, 0.15) is 11.6 Å². The molecule has 0 radical (unpaired) electrons. The van der Waals surface area contributed by atoms with Crippen LogP contribution in [0.1, 0.15) is 33.6 Å². The average molecular weight is 302 g/mol. The highest BCUT2D eigenvalue weighted by molar-refractivity contribution is 5.75. The van der Waals surface area contributed by atoms with Crippen molar-refractivity contribution in [1.82, 2.24) is 10.2 Å². The van der Waals surface area contributed by atoms with Gasteiger partial charge in [0, 0.05) is 19.6 Å². The summed E-state index contributed by atoms with van der Waals surface area (Å²) in [6.07, 6.45) is 0.192. The van der Waals surface area contributed by atoms with Crippen molar-refractivity contribution in [3.63, 3.8) is 0 Å². The predicted octanol–water partition coefficient (Wildman–Crippen LogP) is 0.509. The lowest BCUT2D eigenvalue weighted by Crippen LogP contribution is -2.52. The van der Waals surface area contributed by atoms with Gasteiger partial charge in [0.25, 0.3) is 0 Å². The fraction of sp³-hybridized carbons (Fsp3) is 0.857. The van der Waals surface area contributed by atoms with E-state index in [1.54, 1.807) is 20.8 Å². The number of ether oxygens (including phenoxy) is 2. The van der Waals surface area contributed by atoms with E-state index in [0.29, 0.717) is 32.5 Å². The predicted molar refractivity (Wildman–Crippen MR) is 76.9 cm³/mol. The Hall–Kier alpha value is -1.34. The van der Waals surface area contributed by atoms with Gasteiger partial charge in [0.2, 0.25) is 0 Å². The lowest BCUT2D eigenvalue weighted by atomic mass is 10.0. The van der Waals surface area contributed by atoms with Crippen LogP contribution in [0.3, 0.4) is 0 Å². The van der Waals surface area contributed by atoms with Crippen LogP contribution in [0.2, 0.25) is 0 Å². The van der Waals surface area contributed by atoms with E-state index < -0.39 is 17.8 Å². The summed E-state index contributed by atoms with van der Waals surface area (Å²) in [4.78, 5) is 25.1. The first-order chi connectivity index (χ1) is 9.73. The van der Waals surface area contributed by atoms with Crippen molar-refractivity contribution in [2.24, 2.45) is 0 Å². The number of rotatable bonds is 4. The number of nitrogens with zero attached hydrogens (tertiary/aromatic N) is 1. The minimum atomic E-state index is -0.542. The lowest BCUT2D eigenvalue weighted by Gasteiger charge is -2.36. The van der Waals surface area contributed by atoms with Crippen LogP contribution in [-0.4, -0.2) is 66.6 Å². The summed E-state index contributed by atoms with van der Waals surface area (Å²) in [6, 6.07) is -0.362. The summed E-state index contributed by atoms with van der Waals surface area (Å²) in [6.45, 7) is 6.57. The highest BCUT2D eigenvalue weighted by atomic mass is 16.6. The van der Waals surface area contributed by atoms with E-state index >= 15 is 0 Å². The maximum absolute atomic E-state index is 11.7. The number of methoxy groups -OCH3 is 1. The summed E-state index contributed by atoms with van der Waals surface area (Å²) < 4.78 is 9.91. The van der Waals surface area contributed by atoms with E-state index in [-0.39, 0.29) is 12.0 Å². The minimum absolute atomic E-state index is 0.306. The first-order valence-electron chi connectivity index (χ1n) is 7.19. The van der Waals surface area contributed by atoms with Crippen LogP contribution in [0.15, 0.2) is 0 Å². The molecular formula is C14H26N2O5. The zero-order valence-corrected chi connectivity index (χ0v) is 13.2. The van der Waals surface area contributed by atoms with Crippen LogP contribution in [0, 0.1) is 0 Å². The highest BCUT2D eigenvalue weighted by Gasteiger charge is 2.32. The molecule has 2 N–H and O–H groups in total. The van der Waals surface area contributed by atoms with Gasteiger partial charge in [-0.05, 0) is 33.6 Å². The first kappa shape index (κ1) is 17.7. The van der Waals surface area contributed by atoms with Crippen molar-refractivity contribution in [2.75, 3.05) is 26.7 Å². The average Bonchev–Trinajstić information content (AvgIpc) is 2.36. The molecule has 0 aliphatic carbocycles. The fourth-order valence-corrected chi connectivity index (χ4v) is 2.29. The number of hydrogen-bond acceptors (Lipinski definition) is 6. The molecule has 0 aromatic heterocycles. The second-order valence-electron chi connectivity index (χ2n) is 6.19. The van der Waals surface area contributed by atoms with Crippen molar-refractivity contribution in [3.05, 3.63) is 0 Å². The molecule has 0 aromatic carbocycles. The first-order valence-corrected chi connectivity index (χ1v) is 7.19. The molecule has 0 bridgehead atoms. The van der Waals surface area contributed by atoms with Gasteiger partial charge in [0.05, 0.1) is 13.2 Å². The number of carbonyl (C=O) groups is 2. The molecule has 7 heteroatoms. The SMILES string of the molecule is COC(=O)[C@H]1CC[C@@H](O)CN1CCNC(=O)OC(C)(C)C. The monoisotopic (exact) mass is 302 g/mol. The van der Waals surface area contributed by atoms with Gasteiger partial charge >= 0.3 is 12.1 Å². The van der Waals surface area contributed by atoms with Crippen LogP contribution in [-0.2, 0) is 14.3 Å². The molecule has 1 amide bonds. The third-order valence-electron chi connectivity index (χ3n) is 3.20. The molecule has 1 rings (SSSR count). The van der Waals surface area contributed by atoms with Crippen molar-refractivity contribution in [1.29, 1.82) is 0 Å². The second-order valence-corrected chi connectivity index (χ2v) is 6.19. The third kappa shape index (κ3) is 6.31. The Morgan fingerprint density at radius 1 is 1.33 bits per heavy atom. The van der Waals surface area contributed by atoms with Crippen molar-refractivity contribution >= 4 is 12.1 Å². The number of likely N-dealkylation sites (tertiary alicyclic amines) is 1. The molecule has 0 unspecified atom stereocenters. The van der Waals surface area contributed by atoms with Gasteiger partial charge in [-0.3, -0.25) is 9.69 Å². The summed E-state index contributed by atoms with van der Waals surface area (Å²) in [5.41, 5.74) is -0.542. The maximum atomic E-state index is 11.7. The highest BCUT2D eigenvalue weighted by Crippen LogP contribution is 2.18. The molecule has 0 aromatic rings. The largest absolute Gasteiger partial charge is 0.468 e. The van der Waals surface area contributed by atoms with E-state index in [1.165, 1.54) is 7.11 Å². The van der Waals surface area contributed by atoms with Gasteiger partial charge in [-0.1, -0.05) is 0 Å². The number of piperidine rings is 1. The molecule has 1 aliphatic heterocycles. The van der Waals surface area contributed by atoms with Crippen molar-refractivity contribution in [2.45, 2.75) is 51.4 Å². The van der Waals surface area contributed by atoms with E-state index in [0.717, 1.165) is 0 Å². The molecule has 1 saturated heterocycles. The maximum Gasteiger partial charge on any atom is 0.407 e. The fourth-order valence-electron chi connectivity index (χ4n) is 2.29. The number of alkyl carbamates (subject to hydrolysis) is 1. The van der Waals surface area contributed by atoms with Gasteiger partial charge in [-0.2, -0.15) is 0 Å². The van der Waals surface area contributed by atoms with Crippen LogP contribution in [0.5, 0.6) is 0 Å². The molecule has 1 fully saturated rings. The molecule has 7 nitrogen and oxygen atoms in total. The van der Waals surface area contributed by atoms with E-state index in [1.807, 2.05) is 4.90 Å². The third-order valence-corrected chi connectivity index (χ3v) is 3.20. The van der Waals surface area contributed by atoms with Crippen LogP contribution >= 0.6 is 0 Å². The topological polar surface area (TPSA) is 88.1 Å². The van der Waals surface area contributed by atoms with Crippen LogP contribution < -0.4 is 5.32 Å². The smallest absolute Gasteiger partial charge is 0.407 e. The Kier molecular flexibility index (Phi) is 6.42.